The van der Waals surface area contributed by atoms with Crippen LogP contribution in [0.25, 0.3) is 0 Å². The van der Waals surface area contributed by atoms with Crippen molar-refractivity contribution in [1.82, 2.24) is 0 Å². The Morgan fingerprint density at radius 1 is 1.35 bits per heavy atom. The van der Waals surface area contributed by atoms with E-state index >= 15 is 0 Å². The fraction of sp³-hybridized carbons (Fsp3) is 0.500. The molecule has 0 saturated heterocycles. The molecule has 3 heteroatoms. The Kier molecular flexibility index (Phi) is 5.01. The second kappa shape index (κ2) is 6.28. The number of methoxy groups -OCH3 is 1. The van der Waals surface area contributed by atoms with Gasteiger partial charge in [-0.3, -0.25) is 0 Å². The highest BCUT2D eigenvalue weighted by Crippen LogP contribution is 2.16. The number of nitrogens with one attached hydrogen (secondary N) is 1. The van der Waals surface area contributed by atoms with Crippen LogP contribution in [0.2, 0.25) is 0 Å². The maximum atomic E-state index is 11.7. The molecule has 0 bridgehead atoms. The van der Waals surface area contributed by atoms with Crippen molar-refractivity contribution >= 4 is 11.7 Å². The third-order valence-corrected chi connectivity index (χ3v) is 3.04. The Balaban J connectivity index is 2.78. The minimum absolute atomic E-state index is 0.208. The van der Waals surface area contributed by atoms with Crippen LogP contribution in [0.3, 0.4) is 0 Å². The molecule has 3 nitrogen and oxygen atoms in total. The van der Waals surface area contributed by atoms with Gasteiger partial charge in [-0.05, 0) is 25.0 Å². The van der Waals surface area contributed by atoms with Gasteiger partial charge in [-0.15, -0.1) is 0 Å². The van der Waals surface area contributed by atoms with E-state index in [1.54, 1.807) is 0 Å². The number of esters is 1. The van der Waals surface area contributed by atoms with Crippen molar-refractivity contribution < 1.29 is 9.53 Å². The quantitative estimate of drug-likeness (QED) is 0.797. The lowest BCUT2D eigenvalue weighted by Gasteiger charge is -2.22. The molecule has 17 heavy (non-hydrogen) atoms. The van der Waals surface area contributed by atoms with Gasteiger partial charge in [-0.25, -0.2) is 4.79 Å². The molecule has 0 heterocycles. The van der Waals surface area contributed by atoms with Crippen LogP contribution in [0.4, 0.5) is 5.69 Å². The highest BCUT2D eigenvalue weighted by molar-refractivity contribution is 5.79. The van der Waals surface area contributed by atoms with Crippen LogP contribution in [0.5, 0.6) is 0 Å². The number of carbonyl (C=O) groups is 1. The van der Waals surface area contributed by atoms with Gasteiger partial charge in [0.1, 0.15) is 6.04 Å². The Morgan fingerprint density at radius 3 is 2.41 bits per heavy atom. The second-order valence-corrected chi connectivity index (χ2v) is 4.40. The maximum absolute atomic E-state index is 11.7. The van der Waals surface area contributed by atoms with E-state index in [9.17, 15) is 4.79 Å². The van der Waals surface area contributed by atoms with Gasteiger partial charge in [0, 0.05) is 5.69 Å². The summed E-state index contributed by atoms with van der Waals surface area (Å²) in [6.45, 7) is 6.15. The number of rotatable bonds is 5. The van der Waals surface area contributed by atoms with E-state index in [1.165, 1.54) is 12.7 Å². The standard InChI is InChI=1S/C14H21NO2/c1-5-11(3)13(14(16)17-4)15-12-8-6-10(2)7-9-12/h6-9,11,13,15H,5H2,1-4H3/t11?,13-/m0/s1. The van der Waals surface area contributed by atoms with Crippen molar-refractivity contribution in [1.29, 1.82) is 0 Å². The second-order valence-electron chi connectivity index (χ2n) is 4.40. The van der Waals surface area contributed by atoms with Gasteiger partial charge in [0.15, 0.2) is 0 Å². The van der Waals surface area contributed by atoms with Gasteiger partial charge < -0.3 is 10.1 Å². The lowest BCUT2D eigenvalue weighted by atomic mass is 9.99. The smallest absolute Gasteiger partial charge is 0.328 e. The molecular weight excluding hydrogens is 214 g/mol. The van der Waals surface area contributed by atoms with Crippen molar-refractivity contribution in [2.24, 2.45) is 5.92 Å². The van der Waals surface area contributed by atoms with Gasteiger partial charge >= 0.3 is 5.97 Å². The molecule has 0 aliphatic rings. The van der Waals surface area contributed by atoms with E-state index in [1.807, 2.05) is 38.1 Å². The minimum atomic E-state index is -0.285. The highest BCUT2D eigenvalue weighted by atomic mass is 16.5. The molecule has 2 atom stereocenters. The molecule has 0 aromatic heterocycles. The van der Waals surface area contributed by atoms with E-state index in [2.05, 4.69) is 12.2 Å². The molecule has 0 amide bonds. The summed E-state index contributed by atoms with van der Waals surface area (Å²) >= 11 is 0. The van der Waals surface area contributed by atoms with Gasteiger partial charge in [0.25, 0.3) is 0 Å². The maximum Gasteiger partial charge on any atom is 0.328 e. The number of ether oxygens (including phenoxy) is 1. The molecule has 1 aromatic carbocycles. The average Bonchev–Trinajstić information content (AvgIpc) is 2.36. The fourth-order valence-electron chi connectivity index (χ4n) is 1.63. The van der Waals surface area contributed by atoms with Crippen LogP contribution in [-0.4, -0.2) is 19.1 Å². The molecule has 0 fully saturated rings. The summed E-state index contributed by atoms with van der Waals surface area (Å²) in [4.78, 5) is 11.7. The topological polar surface area (TPSA) is 38.3 Å². The zero-order valence-corrected chi connectivity index (χ0v) is 11.0. The number of aryl methyl sites for hydroxylation is 1. The molecule has 94 valence electrons. The van der Waals surface area contributed by atoms with Crippen molar-refractivity contribution in [3.05, 3.63) is 29.8 Å². The fourth-order valence-corrected chi connectivity index (χ4v) is 1.63. The first-order valence-corrected chi connectivity index (χ1v) is 5.99. The zero-order chi connectivity index (χ0) is 12.8. The average molecular weight is 235 g/mol. The number of hydrogen-bond donors (Lipinski definition) is 1. The lowest BCUT2D eigenvalue weighted by Crippen LogP contribution is -2.36. The Bertz CT molecular complexity index is 359. The number of carbonyl (C=O) groups excluding carboxylic acids is 1. The van der Waals surface area contributed by atoms with Crippen LogP contribution in [0, 0.1) is 12.8 Å². The van der Waals surface area contributed by atoms with Gasteiger partial charge in [-0.1, -0.05) is 38.0 Å². The van der Waals surface area contributed by atoms with Gasteiger partial charge in [0.05, 0.1) is 7.11 Å². The van der Waals surface area contributed by atoms with Crippen molar-refractivity contribution in [3.8, 4) is 0 Å². The van der Waals surface area contributed by atoms with Crippen LogP contribution in [-0.2, 0) is 9.53 Å². The number of hydrogen-bond acceptors (Lipinski definition) is 3. The van der Waals surface area contributed by atoms with E-state index in [-0.39, 0.29) is 17.9 Å². The van der Waals surface area contributed by atoms with Crippen LogP contribution >= 0.6 is 0 Å². The van der Waals surface area contributed by atoms with Crippen LogP contribution in [0.1, 0.15) is 25.8 Å². The predicted octanol–water partition coefficient (Wildman–Crippen LogP) is 2.99. The number of anilines is 1. The Morgan fingerprint density at radius 2 is 1.94 bits per heavy atom. The first-order valence-electron chi connectivity index (χ1n) is 5.99. The van der Waals surface area contributed by atoms with Crippen molar-refractivity contribution in [2.75, 3.05) is 12.4 Å². The zero-order valence-electron chi connectivity index (χ0n) is 11.0. The summed E-state index contributed by atoms with van der Waals surface area (Å²) < 4.78 is 4.83. The third-order valence-electron chi connectivity index (χ3n) is 3.04. The first-order chi connectivity index (χ1) is 8.08. The summed E-state index contributed by atoms with van der Waals surface area (Å²) in [5.74, 6) is 0.0312. The molecule has 0 aliphatic carbocycles. The van der Waals surface area contributed by atoms with Crippen molar-refractivity contribution in [2.45, 2.75) is 33.2 Å². The molecule has 1 rings (SSSR count). The van der Waals surface area contributed by atoms with E-state index in [4.69, 9.17) is 4.74 Å². The number of benzene rings is 1. The first kappa shape index (κ1) is 13.6. The van der Waals surface area contributed by atoms with Crippen LogP contribution in [0.15, 0.2) is 24.3 Å². The van der Waals surface area contributed by atoms with Crippen molar-refractivity contribution in [3.63, 3.8) is 0 Å². The highest BCUT2D eigenvalue weighted by Gasteiger charge is 2.24. The molecule has 1 N–H and O–H groups in total. The summed E-state index contributed by atoms with van der Waals surface area (Å²) in [6, 6.07) is 7.72. The van der Waals surface area contributed by atoms with E-state index < -0.39 is 0 Å². The third kappa shape index (κ3) is 3.77. The summed E-state index contributed by atoms with van der Waals surface area (Å²) in [5.41, 5.74) is 2.15. The SMILES string of the molecule is CCC(C)[C@H](Nc1ccc(C)cc1)C(=O)OC. The molecule has 1 aromatic rings. The molecule has 1 unspecified atom stereocenters. The molecule has 0 radical (unpaired) electrons. The van der Waals surface area contributed by atoms with E-state index in [0.717, 1.165) is 12.1 Å². The van der Waals surface area contributed by atoms with Gasteiger partial charge in [-0.2, -0.15) is 0 Å². The van der Waals surface area contributed by atoms with Crippen LogP contribution < -0.4 is 5.32 Å². The lowest BCUT2D eigenvalue weighted by molar-refractivity contribution is -0.142. The molecular formula is C14H21NO2. The predicted molar refractivity (Wildman–Crippen MR) is 70.1 cm³/mol. The Labute approximate surface area is 103 Å². The van der Waals surface area contributed by atoms with Gasteiger partial charge in [0.2, 0.25) is 0 Å². The Hall–Kier alpha value is -1.51. The summed E-state index contributed by atoms with van der Waals surface area (Å²) in [6.07, 6.45) is 0.929. The molecule has 0 aliphatic heterocycles. The molecule has 0 spiro atoms. The summed E-state index contributed by atoms with van der Waals surface area (Å²) in [5, 5.41) is 3.23. The molecule has 0 saturated carbocycles. The minimum Gasteiger partial charge on any atom is -0.467 e. The monoisotopic (exact) mass is 235 g/mol. The largest absolute Gasteiger partial charge is 0.467 e. The summed E-state index contributed by atoms with van der Waals surface area (Å²) in [7, 11) is 1.43. The van der Waals surface area contributed by atoms with E-state index in [0.29, 0.717) is 0 Å². The normalized spacial score (nSPS) is 13.9.